The Balaban J connectivity index is 1.40. The van der Waals surface area contributed by atoms with Crippen LogP contribution in [0.15, 0.2) is 60.8 Å². The molecule has 34 heavy (non-hydrogen) atoms. The van der Waals surface area contributed by atoms with Gasteiger partial charge in [0.25, 0.3) is 5.91 Å². The minimum absolute atomic E-state index is 0.0577. The van der Waals surface area contributed by atoms with Crippen LogP contribution in [0.1, 0.15) is 54.6 Å². The molecule has 7 rings (SSSR count). The van der Waals surface area contributed by atoms with Crippen molar-refractivity contribution >= 4 is 11.6 Å². The van der Waals surface area contributed by atoms with E-state index in [4.69, 9.17) is 5.10 Å². The fraction of sp³-hybridized carbons (Fsp3) is 0.407. The molecular formula is C27H27F2N3O2. The molecule has 0 unspecified atom stereocenters. The molecule has 0 atom stereocenters. The summed E-state index contributed by atoms with van der Waals surface area (Å²) < 4.78 is 32.2. The first-order valence-electron chi connectivity index (χ1n) is 12.0. The van der Waals surface area contributed by atoms with Crippen molar-refractivity contribution < 1.29 is 18.3 Å². The summed E-state index contributed by atoms with van der Waals surface area (Å²) in [5.41, 5.74) is 2.36. The van der Waals surface area contributed by atoms with Crippen LogP contribution in [-0.4, -0.2) is 22.3 Å². The van der Waals surface area contributed by atoms with E-state index in [-0.39, 0.29) is 22.8 Å². The third kappa shape index (κ3) is 3.77. The molecule has 7 heteroatoms. The highest BCUT2D eigenvalue weighted by Crippen LogP contribution is 2.61. The molecule has 0 saturated heterocycles. The molecule has 4 aliphatic carbocycles. The third-order valence-corrected chi connectivity index (χ3v) is 7.87. The molecular weight excluding hydrogens is 436 g/mol. The van der Waals surface area contributed by atoms with E-state index in [1.165, 1.54) is 25.3 Å². The molecule has 1 aromatic heterocycles. The van der Waals surface area contributed by atoms with Gasteiger partial charge in [0, 0.05) is 11.6 Å². The van der Waals surface area contributed by atoms with E-state index in [1.807, 2.05) is 30.3 Å². The van der Waals surface area contributed by atoms with Gasteiger partial charge in [-0.2, -0.15) is 13.9 Å². The van der Waals surface area contributed by atoms with Crippen LogP contribution in [0.3, 0.4) is 0 Å². The van der Waals surface area contributed by atoms with E-state index in [1.54, 1.807) is 29.1 Å². The Morgan fingerprint density at radius 1 is 0.971 bits per heavy atom. The number of para-hydroxylation sites is 3. The van der Waals surface area contributed by atoms with Crippen molar-refractivity contribution in [1.29, 1.82) is 0 Å². The molecule has 1 heterocycles. The average Bonchev–Trinajstić information content (AvgIpc) is 3.27. The van der Waals surface area contributed by atoms with E-state index in [9.17, 15) is 13.6 Å². The van der Waals surface area contributed by atoms with Crippen LogP contribution in [0.25, 0.3) is 5.69 Å². The maximum absolute atomic E-state index is 13.6. The summed E-state index contributed by atoms with van der Waals surface area (Å²) in [6.45, 7) is -2.97. The third-order valence-electron chi connectivity index (χ3n) is 7.87. The standard InChI is InChI=1S/C27H27F2N3O2/c28-26(29)34-23-9-5-4-8-22(23)30-25(33)21-16-32(20-6-2-1-3-7-20)31-24(21)27-13-17-10-18(14-27)12-19(11-17)15-27/h1-9,16-19,26H,10-15H2,(H,30,33). The maximum Gasteiger partial charge on any atom is 0.387 e. The van der Waals surface area contributed by atoms with Crippen molar-refractivity contribution in [2.45, 2.75) is 50.6 Å². The number of anilines is 1. The minimum Gasteiger partial charge on any atom is -0.433 e. The Kier molecular flexibility index (Phi) is 5.15. The molecule has 0 spiro atoms. The van der Waals surface area contributed by atoms with E-state index < -0.39 is 6.61 Å². The minimum atomic E-state index is -2.97. The lowest BCUT2D eigenvalue weighted by Crippen LogP contribution is -2.49. The Morgan fingerprint density at radius 3 is 2.24 bits per heavy atom. The number of hydrogen-bond acceptors (Lipinski definition) is 3. The summed E-state index contributed by atoms with van der Waals surface area (Å²) in [4.78, 5) is 13.6. The number of benzene rings is 2. The van der Waals surface area contributed by atoms with Gasteiger partial charge in [0.05, 0.1) is 22.6 Å². The van der Waals surface area contributed by atoms with Gasteiger partial charge in [0.1, 0.15) is 5.75 Å². The molecule has 4 saturated carbocycles. The average molecular weight is 464 g/mol. The molecule has 5 nitrogen and oxygen atoms in total. The second-order valence-corrected chi connectivity index (χ2v) is 10.2. The van der Waals surface area contributed by atoms with Gasteiger partial charge in [-0.25, -0.2) is 4.68 Å². The largest absolute Gasteiger partial charge is 0.433 e. The Hall–Kier alpha value is -3.22. The van der Waals surface area contributed by atoms with Crippen molar-refractivity contribution in [3.05, 3.63) is 72.1 Å². The Labute approximate surface area is 197 Å². The van der Waals surface area contributed by atoms with Gasteiger partial charge in [0.15, 0.2) is 0 Å². The molecule has 2 aromatic carbocycles. The highest BCUT2D eigenvalue weighted by Gasteiger charge is 2.54. The van der Waals surface area contributed by atoms with Gasteiger partial charge >= 0.3 is 6.61 Å². The Morgan fingerprint density at radius 2 is 1.59 bits per heavy atom. The lowest BCUT2D eigenvalue weighted by Gasteiger charge is -2.56. The first-order chi connectivity index (χ1) is 16.5. The van der Waals surface area contributed by atoms with Crippen LogP contribution >= 0.6 is 0 Å². The van der Waals surface area contributed by atoms with Gasteiger partial charge in [-0.1, -0.05) is 30.3 Å². The van der Waals surface area contributed by atoms with Gasteiger partial charge in [-0.15, -0.1) is 0 Å². The van der Waals surface area contributed by atoms with E-state index >= 15 is 0 Å². The van der Waals surface area contributed by atoms with Crippen molar-refractivity contribution in [1.82, 2.24) is 9.78 Å². The number of hydrogen-bond donors (Lipinski definition) is 1. The van der Waals surface area contributed by atoms with Crippen molar-refractivity contribution in [2.75, 3.05) is 5.32 Å². The van der Waals surface area contributed by atoms with Gasteiger partial charge in [0.2, 0.25) is 0 Å². The number of nitrogens with zero attached hydrogens (tertiary/aromatic N) is 2. The van der Waals surface area contributed by atoms with Crippen LogP contribution in [0.4, 0.5) is 14.5 Å². The first kappa shape index (κ1) is 21.3. The number of halogens is 2. The highest BCUT2D eigenvalue weighted by atomic mass is 19.3. The second-order valence-electron chi connectivity index (χ2n) is 10.2. The molecule has 1 amide bonds. The zero-order chi connectivity index (χ0) is 23.3. The number of nitrogens with one attached hydrogen (secondary N) is 1. The molecule has 4 fully saturated rings. The molecule has 0 aliphatic heterocycles. The lowest BCUT2D eigenvalue weighted by molar-refractivity contribution is -0.0493. The monoisotopic (exact) mass is 463 g/mol. The van der Waals surface area contributed by atoms with E-state index in [0.29, 0.717) is 23.3 Å². The second kappa shape index (κ2) is 8.22. The molecule has 4 aliphatic rings. The molecule has 3 aromatic rings. The number of amides is 1. The zero-order valence-corrected chi connectivity index (χ0v) is 18.8. The summed E-state index contributed by atoms with van der Waals surface area (Å²) in [6.07, 6.45) is 8.85. The predicted molar refractivity (Wildman–Crippen MR) is 124 cm³/mol. The van der Waals surface area contributed by atoms with Crippen LogP contribution in [0.2, 0.25) is 0 Å². The number of carbonyl (C=O) groups is 1. The fourth-order valence-electron chi connectivity index (χ4n) is 7.00. The van der Waals surface area contributed by atoms with Crippen LogP contribution in [-0.2, 0) is 5.41 Å². The predicted octanol–water partition coefficient (Wildman–Crippen LogP) is 6.19. The summed E-state index contributed by atoms with van der Waals surface area (Å²) >= 11 is 0. The fourth-order valence-corrected chi connectivity index (χ4v) is 7.00. The molecule has 0 radical (unpaired) electrons. The van der Waals surface area contributed by atoms with E-state index in [2.05, 4.69) is 10.1 Å². The smallest absolute Gasteiger partial charge is 0.387 e. The van der Waals surface area contributed by atoms with Crippen LogP contribution in [0, 0.1) is 17.8 Å². The van der Waals surface area contributed by atoms with Crippen molar-refractivity contribution in [2.24, 2.45) is 17.8 Å². The number of ether oxygens (including phenoxy) is 1. The van der Waals surface area contributed by atoms with Gasteiger partial charge in [-0.05, 0) is 80.5 Å². The van der Waals surface area contributed by atoms with Crippen molar-refractivity contribution in [3.63, 3.8) is 0 Å². The Bertz CT molecular complexity index is 1170. The highest BCUT2D eigenvalue weighted by molar-refractivity contribution is 6.06. The summed E-state index contributed by atoms with van der Waals surface area (Å²) in [6, 6.07) is 16.0. The number of aromatic nitrogens is 2. The molecule has 176 valence electrons. The topological polar surface area (TPSA) is 56.1 Å². The molecule has 4 bridgehead atoms. The van der Waals surface area contributed by atoms with Crippen molar-refractivity contribution in [3.8, 4) is 11.4 Å². The summed E-state index contributed by atoms with van der Waals surface area (Å²) in [5, 5.41) is 7.83. The normalized spacial score (nSPS) is 27.2. The zero-order valence-electron chi connectivity index (χ0n) is 18.8. The number of carbonyl (C=O) groups excluding carboxylic acids is 1. The number of rotatable bonds is 6. The van der Waals surface area contributed by atoms with Crippen LogP contribution in [0.5, 0.6) is 5.75 Å². The SMILES string of the molecule is O=C(Nc1ccccc1OC(F)F)c1cn(-c2ccccc2)nc1C12CC3CC(CC(C3)C1)C2. The lowest BCUT2D eigenvalue weighted by atomic mass is 9.48. The van der Waals surface area contributed by atoms with Gasteiger partial charge in [-0.3, -0.25) is 4.79 Å². The summed E-state index contributed by atoms with van der Waals surface area (Å²) in [5.74, 6) is 1.69. The van der Waals surface area contributed by atoms with Crippen LogP contribution < -0.4 is 10.1 Å². The van der Waals surface area contributed by atoms with Gasteiger partial charge < -0.3 is 10.1 Å². The first-order valence-corrected chi connectivity index (χ1v) is 12.0. The van der Waals surface area contributed by atoms with E-state index in [0.717, 1.165) is 30.6 Å². The molecule has 1 N–H and O–H groups in total. The summed E-state index contributed by atoms with van der Waals surface area (Å²) in [7, 11) is 0. The quantitative estimate of drug-likeness (QED) is 0.474. The number of alkyl halides is 2. The maximum atomic E-state index is 13.6.